The van der Waals surface area contributed by atoms with Crippen LogP contribution in [-0.2, 0) is 14.3 Å². The van der Waals surface area contributed by atoms with Crippen LogP contribution in [0.4, 0.5) is 5.69 Å². The van der Waals surface area contributed by atoms with Crippen LogP contribution in [0.5, 0.6) is 5.75 Å². The van der Waals surface area contributed by atoms with Crippen LogP contribution in [0.15, 0.2) is 53.4 Å². The minimum absolute atomic E-state index is 0.0958. The van der Waals surface area contributed by atoms with Crippen molar-refractivity contribution < 1.29 is 23.9 Å². The van der Waals surface area contributed by atoms with Crippen molar-refractivity contribution in [3.63, 3.8) is 0 Å². The molecule has 1 N–H and O–H groups in total. The van der Waals surface area contributed by atoms with E-state index < -0.39 is 11.2 Å². The van der Waals surface area contributed by atoms with Gasteiger partial charge in [-0.3, -0.25) is 14.4 Å². The molecule has 1 atom stereocenters. The highest BCUT2D eigenvalue weighted by Crippen LogP contribution is 2.36. The summed E-state index contributed by atoms with van der Waals surface area (Å²) in [6, 6.07) is 14.0. The molecule has 1 unspecified atom stereocenters. The van der Waals surface area contributed by atoms with Crippen molar-refractivity contribution in [2.24, 2.45) is 0 Å². The Bertz CT molecular complexity index is 850. The summed E-state index contributed by atoms with van der Waals surface area (Å²) in [7, 11) is 0. The lowest BCUT2D eigenvalue weighted by atomic mass is 10.1. The Labute approximate surface area is 161 Å². The zero-order chi connectivity index (χ0) is 19.2. The fourth-order valence-electron chi connectivity index (χ4n) is 2.57. The van der Waals surface area contributed by atoms with Crippen molar-refractivity contribution in [1.82, 2.24) is 0 Å². The van der Waals surface area contributed by atoms with Crippen molar-refractivity contribution in [2.75, 3.05) is 18.5 Å². The van der Waals surface area contributed by atoms with Crippen molar-refractivity contribution in [3.05, 3.63) is 54.1 Å². The average molecular weight is 385 g/mol. The molecule has 0 saturated carbocycles. The van der Waals surface area contributed by atoms with E-state index in [4.69, 9.17) is 9.47 Å². The summed E-state index contributed by atoms with van der Waals surface area (Å²) >= 11 is 1.32. The second kappa shape index (κ2) is 8.73. The summed E-state index contributed by atoms with van der Waals surface area (Å²) in [5.41, 5.74) is 1.17. The summed E-state index contributed by atoms with van der Waals surface area (Å²) in [6.45, 7) is 2.06. The quantitative estimate of drug-likeness (QED) is 0.582. The number of esters is 1. The number of carbonyl (C=O) groups is 3. The monoisotopic (exact) mass is 385 g/mol. The zero-order valence-electron chi connectivity index (χ0n) is 14.8. The number of benzene rings is 2. The van der Waals surface area contributed by atoms with Gasteiger partial charge in [-0.05, 0) is 43.3 Å². The maximum Gasteiger partial charge on any atom is 0.307 e. The van der Waals surface area contributed by atoms with Crippen molar-refractivity contribution in [3.8, 4) is 5.75 Å². The number of ketones is 1. The molecule has 2 aromatic rings. The number of rotatable bonds is 7. The predicted molar refractivity (Wildman–Crippen MR) is 102 cm³/mol. The molecule has 2 aromatic carbocycles. The molecule has 6 nitrogen and oxygen atoms in total. The fourth-order valence-corrected chi connectivity index (χ4v) is 3.67. The maximum atomic E-state index is 12.1. The number of ether oxygens (including phenoxy) is 2. The normalized spacial score (nSPS) is 15.4. The standard InChI is InChI=1S/C20H19NO5S/c1-2-25-14-9-7-13(8-10-14)16(22)12-26-19(23)11-18-20(24)21-15-5-3-4-6-17(15)27-18/h3-10,18H,2,11-12H2,1H3,(H,21,24). The number of Topliss-reactive ketones (excluding diaryl/α,β-unsaturated/α-hetero) is 1. The summed E-state index contributed by atoms with van der Waals surface area (Å²) < 4.78 is 10.4. The van der Waals surface area contributed by atoms with Gasteiger partial charge in [-0.1, -0.05) is 12.1 Å². The molecule has 0 radical (unpaired) electrons. The largest absolute Gasteiger partial charge is 0.494 e. The molecule has 27 heavy (non-hydrogen) atoms. The van der Waals surface area contributed by atoms with Gasteiger partial charge in [0, 0.05) is 10.5 Å². The molecule has 0 fully saturated rings. The van der Waals surface area contributed by atoms with Crippen molar-refractivity contribution >= 4 is 35.1 Å². The Morgan fingerprint density at radius 3 is 2.59 bits per heavy atom. The van der Waals surface area contributed by atoms with Gasteiger partial charge in [-0.25, -0.2) is 0 Å². The van der Waals surface area contributed by atoms with Gasteiger partial charge in [0.2, 0.25) is 5.91 Å². The third-order valence-corrected chi connectivity index (χ3v) is 5.19. The molecule has 0 aliphatic carbocycles. The number of anilines is 1. The number of hydrogen-bond acceptors (Lipinski definition) is 6. The lowest BCUT2D eigenvalue weighted by molar-refractivity contribution is -0.143. The first-order chi connectivity index (χ1) is 13.1. The number of fused-ring (bicyclic) bond motifs is 1. The Morgan fingerprint density at radius 2 is 1.85 bits per heavy atom. The maximum absolute atomic E-state index is 12.1. The van der Waals surface area contributed by atoms with E-state index in [0.29, 0.717) is 17.9 Å². The molecule has 0 bridgehead atoms. The van der Waals surface area contributed by atoms with Gasteiger partial charge >= 0.3 is 5.97 Å². The van der Waals surface area contributed by atoms with E-state index in [0.717, 1.165) is 10.6 Å². The van der Waals surface area contributed by atoms with Crippen LogP contribution in [0.25, 0.3) is 0 Å². The molecule has 0 spiro atoms. The summed E-state index contributed by atoms with van der Waals surface area (Å²) in [6.07, 6.45) is -0.0958. The molecule has 3 rings (SSSR count). The second-order valence-electron chi connectivity index (χ2n) is 5.84. The van der Waals surface area contributed by atoms with E-state index in [2.05, 4.69) is 5.32 Å². The van der Waals surface area contributed by atoms with Gasteiger partial charge < -0.3 is 14.8 Å². The predicted octanol–water partition coefficient (Wildman–Crippen LogP) is 3.31. The Balaban J connectivity index is 1.51. The highest BCUT2D eigenvalue weighted by molar-refractivity contribution is 8.01. The van der Waals surface area contributed by atoms with Crippen LogP contribution < -0.4 is 10.1 Å². The Kier molecular flexibility index (Phi) is 6.13. The Hall–Kier alpha value is -2.80. The van der Waals surface area contributed by atoms with Crippen LogP contribution in [0.3, 0.4) is 0 Å². The molecule has 7 heteroatoms. The molecule has 1 heterocycles. The molecular formula is C20H19NO5S. The first-order valence-corrected chi connectivity index (χ1v) is 9.43. The van der Waals surface area contributed by atoms with Gasteiger partial charge in [-0.15, -0.1) is 11.8 Å². The minimum Gasteiger partial charge on any atom is -0.494 e. The Morgan fingerprint density at radius 1 is 1.11 bits per heavy atom. The minimum atomic E-state index is -0.582. The van der Waals surface area contributed by atoms with Crippen LogP contribution >= 0.6 is 11.8 Å². The second-order valence-corrected chi connectivity index (χ2v) is 7.08. The fraction of sp³-hybridized carbons (Fsp3) is 0.250. The molecular weight excluding hydrogens is 366 g/mol. The molecule has 140 valence electrons. The van der Waals surface area contributed by atoms with Crippen LogP contribution in [-0.4, -0.2) is 36.1 Å². The molecule has 1 aliphatic heterocycles. The first kappa shape index (κ1) is 19.0. The van der Waals surface area contributed by atoms with E-state index in [1.54, 1.807) is 24.3 Å². The van der Waals surface area contributed by atoms with Gasteiger partial charge in [0.05, 0.1) is 24.0 Å². The molecule has 1 aliphatic rings. The smallest absolute Gasteiger partial charge is 0.307 e. The van der Waals surface area contributed by atoms with Gasteiger partial charge in [0.1, 0.15) is 5.75 Å². The average Bonchev–Trinajstić information content (AvgIpc) is 2.67. The molecule has 0 saturated heterocycles. The van der Waals surface area contributed by atoms with Gasteiger partial charge in [0.15, 0.2) is 12.4 Å². The summed E-state index contributed by atoms with van der Waals surface area (Å²) in [5, 5.41) is 2.20. The van der Waals surface area contributed by atoms with Crippen LogP contribution in [0, 0.1) is 0 Å². The van der Waals surface area contributed by atoms with Crippen LogP contribution in [0.2, 0.25) is 0 Å². The number of carbonyl (C=O) groups excluding carboxylic acids is 3. The van der Waals surface area contributed by atoms with E-state index in [-0.39, 0.29) is 24.7 Å². The highest BCUT2D eigenvalue weighted by Gasteiger charge is 2.29. The van der Waals surface area contributed by atoms with Crippen molar-refractivity contribution in [2.45, 2.75) is 23.5 Å². The van der Waals surface area contributed by atoms with E-state index in [1.165, 1.54) is 11.8 Å². The third kappa shape index (κ3) is 4.89. The van der Waals surface area contributed by atoms with Gasteiger partial charge in [-0.2, -0.15) is 0 Å². The number of thioether (sulfide) groups is 1. The number of hydrogen-bond donors (Lipinski definition) is 1. The number of nitrogens with one attached hydrogen (secondary N) is 1. The number of amides is 1. The van der Waals surface area contributed by atoms with Crippen LogP contribution in [0.1, 0.15) is 23.7 Å². The molecule has 1 amide bonds. The lowest BCUT2D eigenvalue weighted by Gasteiger charge is -2.23. The highest BCUT2D eigenvalue weighted by atomic mass is 32.2. The van der Waals surface area contributed by atoms with E-state index in [9.17, 15) is 14.4 Å². The molecule has 0 aromatic heterocycles. The first-order valence-electron chi connectivity index (χ1n) is 8.55. The topological polar surface area (TPSA) is 81.7 Å². The number of para-hydroxylation sites is 1. The SMILES string of the molecule is CCOc1ccc(C(=O)COC(=O)CC2Sc3ccccc3NC2=O)cc1. The third-order valence-electron chi connectivity index (χ3n) is 3.91. The van der Waals surface area contributed by atoms with E-state index in [1.807, 2.05) is 31.2 Å². The zero-order valence-corrected chi connectivity index (χ0v) is 15.6. The van der Waals surface area contributed by atoms with E-state index >= 15 is 0 Å². The summed E-state index contributed by atoms with van der Waals surface area (Å²) in [5.74, 6) is -0.459. The van der Waals surface area contributed by atoms with Crippen molar-refractivity contribution in [1.29, 1.82) is 0 Å². The van der Waals surface area contributed by atoms with Gasteiger partial charge in [0.25, 0.3) is 0 Å². The lowest BCUT2D eigenvalue weighted by Crippen LogP contribution is -2.31. The summed E-state index contributed by atoms with van der Waals surface area (Å²) in [4.78, 5) is 37.2.